The predicted molar refractivity (Wildman–Crippen MR) is 130 cm³/mol. The SMILES string of the molecule is Cc1cn([C@H]2C[C@H](N=[N+]=[N-])[C@@H](CO[C@H]3O[C@@H]4O[C@@]5(C)CC[C@H]6[C@H](C)CC[C@@H]([C@H]3C)[C@@]46OO5)O2)c(=O)[nH]c1=O. The van der Waals surface area contributed by atoms with Crippen molar-refractivity contribution in [1.29, 1.82) is 0 Å². The van der Waals surface area contributed by atoms with Crippen LogP contribution in [0.2, 0.25) is 0 Å². The van der Waals surface area contributed by atoms with Gasteiger partial charge in [0.15, 0.2) is 18.2 Å². The monoisotopic (exact) mass is 533 g/mol. The van der Waals surface area contributed by atoms with Gasteiger partial charge in [0.25, 0.3) is 5.56 Å². The van der Waals surface area contributed by atoms with E-state index in [2.05, 4.69) is 28.9 Å². The predicted octanol–water partition coefficient (Wildman–Crippen LogP) is 3.04. The van der Waals surface area contributed by atoms with Crippen LogP contribution in [0.1, 0.15) is 64.7 Å². The van der Waals surface area contributed by atoms with Crippen LogP contribution in [0.5, 0.6) is 0 Å². The molecular weight excluding hydrogens is 498 g/mol. The van der Waals surface area contributed by atoms with Gasteiger partial charge in [-0.15, -0.1) is 0 Å². The highest BCUT2D eigenvalue weighted by molar-refractivity contribution is 5.09. The Kier molecular flexibility index (Phi) is 6.46. The zero-order valence-electron chi connectivity index (χ0n) is 22.1. The van der Waals surface area contributed by atoms with Gasteiger partial charge in [0.2, 0.25) is 5.79 Å². The third kappa shape index (κ3) is 4.03. The van der Waals surface area contributed by atoms with E-state index in [1.165, 1.54) is 10.8 Å². The average Bonchev–Trinajstić information content (AvgIpc) is 3.13. The molecule has 5 aliphatic heterocycles. The highest BCUT2D eigenvalue weighted by Gasteiger charge is 2.69. The van der Waals surface area contributed by atoms with Crippen molar-refractivity contribution in [2.45, 2.75) is 102 Å². The summed E-state index contributed by atoms with van der Waals surface area (Å²) in [7, 11) is 0. The molecule has 1 aromatic rings. The molecule has 1 aromatic heterocycles. The zero-order valence-corrected chi connectivity index (χ0v) is 22.1. The molecule has 11 atom stereocenters. The van der Waals surface area contributed by atoms with Gasteiger partial charge >= 0.3 is 5.69 Å². The molecule has 6 heterocycles. The van der Waals surface area contributed by atoms with Gasteiger partial charge in [0.05, 0.1) is 18.8 Å². The number of aromatic nitrogens is 2. The first kappa shape index (κ1) is 26.0. The number of fused-ring (bicyclic) bond motifs is 2. The van der Waals surface area contributed by atoms with Gasteiger partial charge in [-0.3, -0.25) is 14.3 Å². The fourth-order valence-electron chi connectivity index (χ4n) is 7.28. The molecule has 1 spiro atoms. The van der Waals surface area contributed by atoms with E-state index in [-0.39, 0.29) is 30.8 Å². The molecular formula is C25H35N5O8. The Morgan fingerprint density at radius 3 is 2.82 bits per heavy atom. The Labute approximate surface area is 219 Å². The lowest BCUT2D eigenvalue weighted by Crippen LogP contribution is -2.70. The van der Waals surface area contributed by atoms with Crippen molar-refractivity contribution in [3.05, 3.63) is 43.0 Å². The van der Waals surface area contributed by atoms with Crippen molar-refractivity contribution < 1.29 is 28.7 Å². The van der Waals surface area contributed by atoms with Gasteiger partial charge in [0, 0.05) is 41.3 Å². The zero-order chi connectivity index (χ0) is 26.8. The van der Waals surface area contributed by atoms with E-state index in [9.17, 15) is 9.59 Å². The van der Waals surface area contributed by atoms with E-state index in [4.69, 9.17) is 34.3 Å². The summed E-state index contributed by atoms with van der Waals surface area (Å²) in [5.41, 5.74) is 7.80. The highest BCUT2D eigenvalue weighted by atomic mass is 17.3. The first-order valence-corrected chi connectivity index (χ1v) is 13.5. The maximum absolute atomic E-state index is 12.4. The van der Waals surface area contributed by atoms with Crippen LogP contribution < -0.4 is 11.2 Å². The number of hydrogen-bond acceptors (Lipinski definition) is 9. The summed E-state index contributed by atoms with van der Waals surface area (Å²) in [4.78, 5) is 41.5. The minimum Gasteiger partial charge on any atom is -0.352 e. The normalized spacial score (nSPS) is 45.7. The molecule has 0 amide bonds. The summed E-state index contributed by atoms with van der Waals surface area (Å²) in [6, 6.07) is -0.560. The van der Waals surface area contributed by atoms with Crippen LogP contribution in [-0.4, -0.2) is 52.3 Å². The minimum absolute atomic E-state index is 0.0181. The number of rotatable bonds is 5. The van der Waals surface area contributed by atoms with E-state index in [0.717, 1.165) is 25.7 Å². The van der Waals surface area contributed by atoms with Crippen LogP contribution in [0.15, 0.2) is 20.9 Å². The summed E-state index contributed by atoms with van der Waals surface area (Å²) in [5, 5.41) is 3.90. The number of hydrogen-bond donors (Lipinski definition) is 1. The molecule has 6 aliphatic rings. The summed E-state index contributed by atoms with van der Waals surface area (Å²) in [6.45, 7) is 7.95. The smallest absolute Gasteiger partial charge is 0.330 e. The Morgan fingerprint density at radius 1 is 1.21 bits per heavy atom. The molecule has 13 heteroatoms. The molecule has 13 nitrogen and oxygen atoms in total. The summed E-state index contributed by atoms with van der Waals surface area (Å²) in [6.07, 6.45) is 2.89. The van der Waals surface area contributed by atoms with Crippen molar-refractivity contribution >= 4 is 0 Å². The Hall–Kier alpha value is -2.25. The van der Waals surface area contributed by atoms with Gasteiger partial charge < -0.3 is 18.9 Å². The largest absolute Gasteiger partial charge is 0.352 e. The van der Waals surface area contributed by atoms with Gasteiger partial charge in [-0.25, -0.2) is 14.6 Å². The third-order valence-electron chi connectivity index (χ3n) is 9.38. The van der Waals surface area contributed by atoms with Crippen molar-refractivity contribution in [3.8, 4) is 0 Å². The van der Waals surface area contributed by atoms with Crippen LogP contribution in [0.3, 0.4) is 0 Å². The van der Waals surface area contributed by atoms with Crippen molar-refractivity contribution in [3.63, 3.8) is 0 Å². The molecule has 0 radical (unpaired) electrons. The molecule has 5 saturated heterocycles. The first-order chi connectivity index (χ1) is 18.1. The quantitative estimate of drug-likeness (QED) is 0.262. The summed E-state index contributed by atoms with van der Waals surface area (Å²) < 4.78 is 26.6. The lowest BCUT2D eigenvalue weighted by Gasteiger charge is -2.60. The third-order valence-corrected chi connectivity index (χ3v) is 9.38. The minimum atomic E-state index is -0.876. The van der Waals surface area contributed by atoms with Gasteiger partial charge in [-0.2, -0.15) is 0 Å². The van der Waals surface area contributed by atoms with Crippen LogP contribution in [0, 0.1) is 30.6 Å². The van der Waals surface area contributed by atoms with Crippen molar-refractivity contribution in [1.82, 2.24) is 9.55 Å². The van der Waals surface area contributed by atoms with E-state index < -0.39 is 53.6 Å². The number of nitrogens with zero attached hydrogens (tertiary/aromatic N) is 4. The molecule has 1 aliphatic carbocycles. The Balaban J connectivity index is 1.21. The maximum Gasteiger partial charge on any atom is 0.330 e. The Bertz CT molecular complexity index is 1250. The van der Waals surface area contributed by atoms with Crippen molar-refractivity contribution in [2.75, 3.05) is 6.61 Å². The second-order valence-corrected chi connectivity index (χ2v) is 11.7. The molecule has 0 aromatic carbocycles. The Morgan fingerprint density at radius 2 is 2.03 bits per heavy atom. The van der Waals surface area contributed by atoms with E-state index in [1.807, 2.05) is 6.92 Å². The standard InChI is InChI=1S/C25H35N5O8/c1-12-5-6-16-14(3)21(35-22-25(16)15(12)7-8-24(4,36-22)37-38-25)33-11-18-17(28-29-26)9-19(34-18)30-10-13(2)20(31)27-23(30)32/h10,12,14-19,21-22H,5-9,11H2,1-4H3,(H,27,31,32)/t12-,14-,15+,16+,17+,18-,19-,21+,22-,24-,25-/m1/s1. The average molecular weight is 534 g/mol. The van der Waals surface area contributed by atoms with E-state index >= 15 is 0 Å². The molecule has 6 fully saturated rings. The number of aryl methyl sites for hydroxylation is 1. The van der Waals surface area contributed by atoms with Crippen LogP contribution in [-0.2, 0) is 28.7 Å². The van der Waals surface area contributed by atoms with Crippen molar-refractivity contribution in [2.24, 2.45) is 28.8 Å². The number of ether oxygens (including phenoxy) is 4. The van der Waals surface area contributed by atoms with Crippen LogP contribution in [0.25, 0.3) is 10.4 Å². The van der Waals surface area contributed by atoms with Gasteiger partial charge in [-0.1, -0.05) is 19.0 Å². The number of nitrogens with one attached hydrogen (secondary N) is 1. The molecule has 2 bridgehead atoms. The molecule has 1 N–H and O–H groups in total. The molecule has 208 valence electrons. The molecule has 38 heavy (non-hydrogen) atoms. The van der Waals surface area contributed by atoms with E-state index in [0.29, 0.717) is 11.5 Å². The molecule has 0 unspecified atom stereocenters. The number of aromatic amines is 1. The fraction of sp³-hybridized carbons (Fsp3) is 0.840. The summed E-state index contributed by atoms with van der Waals surface area (Å²) in [5.74, 6) is -0.0631. The number of azide groups is 1. The fourth-order valence-corrected chi connectivity index (χ4v) is 7.28. The van der Waals surface area contributed by atoms with Gasteiger partial charge in [0.1, 0.15) is 6.23 Å². The number of H-pyrrole nitrogens is 1. The first-order valence-electron chi connectivity index (χ1n) is 13.5. The van der Waals surface area contributed by atoms with Crippen LogP contribution >= 0.6 is 0 Å². The maximum atomic E-state index is 12.4. The second kappa shape index (κ2) is 9.44. The highest BCUT2D eigenvalue weighted by Crippen LogP contribution is 2.60. The lowest BCUT2D eigenvalue weighted by molar-refractivity contribution is -0.577. The second-order valence-electron chi connectivity index (χ2n) is 11.7. The summed E-state index contributed by atoms with van der Waals surface area (Å²) >= 11 is 0. The topological polar surface area (TPSA) is 159 Å². The molecule has 7 rings (SSSR count). The lowest BCUT2D eigenvalue weighted by atomic mass is 9.58. The van der Waals surface area contributed by atoms with Gasteiger partial charge in [-0.05, 0) is 50.5 Å². The van der Waals surface area contributed by atoms with E-state index in [1.54, 1.807) is 6.92 Å². The van der Waals surface area contributed by atoms with Crippen LogP contribution in [0.4, 0.5) is 0 Å². The molecule has 1 saturated carbocycles.